The number of nitrogens with one attached hydrogen (secondary N) is 1. The molecule has 0 radical (unpaired) electrons. The fraction of sp³-hybridized carbons (Fsp3) is 0.185. The molecule has 0 bridgehead atoms. The Balaban J connectivity index is 1.50. The Labute approximate surface area is 219 Å². The van der Waals surface area contributed by atoms with Gasteiger partial charge in [0.15, 0.2) is 22.5 Å². The monoisotopic (exact) mass is 517 g/mol. The predicted octanol–water partition coefficient (Wildman–Crippen LogP) is 4.59. The third-order valence-corrected chi connectivity index (χ3v) is 6.41. The number of carbonyl (C=O) groups excluding carboxylic acids is 1. The van der Waals surface area contributed by atoms with E-state index in [0.29, 0.717) is 28.2 Å². The van der Waals surface area contributed by atoms with E-state index >= 15 is 0 Å². The molecule has 0 saturated heterocycles. The van der Waals surface area contributed by atoms with Gasteiger partial charge >= 0.3 is 0 Å². The van der Waals surface area contributed by atoms with Gasteiger partial charge in [-0.05, 0) is 49.4 Å². The lowest BCUT2D eigenvalue weighted by molar-refractivity contribution is -0.118. The number of nitrogens with zero attached hydrogens (tertiary/aromatic N) is 4. The highest BCUT2D eigenvalue weighted by atomic mass is 32.2. The largest absolute Gasteiger partial charge is 0.497 e. The van der Waals surface area contributed by atoms with E-state index in [1.54, 1.807) is 40.4 Å². The van der Waals surface area contributed by atoms with Crippen LogP contribution in [0.4, 0.5) is 0 Å². The number of hydrogen-bond donors (Lipinski definition) is 1. The van der Waals surface area contributed by atoms with Crippen molar-refractivity contribution >= 4 is 23.4 Å². The Morgan fingerprint density at radius 1 is 0.919 bits per heavy atom. The fourth-order valence-corrected chi connectivity index (χ4v) is 4.28. The molecule has 0 fully saturated rings. The highest BCUT2D eigenvalue weighted by molar-refractivity contribution is 7.99. The lowest BCUT2D eigenvalue weighted by Gasteiger charge is -2.11. The second-order valence-electron chi connectivity index (χ2n) is 7.80. The lowest BCUT2D eigenvalue weighted by atomic mass is 10.1. The number of hydrazone groups is 1. The van der Waals surface area contributed by atoms with Crippen molar-refractivity contribution in [3.63, 3.8) is 0 Å². The van der Waals surface area contributed by atoms with E-state index in [1.807, 2.05) is 65.2 Å². The Kier molecular flexibility index (Phi) is 8.42. The van der Waals surface area contributed by atoms with E-state index in [9.17, 15) is 4.79 Å². The predicted molar refractivity (Wildman–Crippen MR) is 144 cm³/mol. The molecule has 190 valence electrons. The van der Waals surface area contributed by atoms with Gasteiger partial charge in [-0.25, -0.2) is 5.43 Å². The summed E-state index contributed by atoms with van der Waals surface area (Å²) in [6.07, 6.45) is 0. The summed E-state index contributed by atoms with van der Waals surface area (Å²) in [5.41, 5.74) is 5.82. The molecule has 1 heterocycles. The van der Waals surface area contributed by atoms with Crippen LogP contribution in [0.25, 0.3) is 17.1 Å². The van der Waals surface area contributed by atoms with Crippen molar-refractivity contribution in [2.75, 3.05) is 27.1 Å². The normalized spacial score (nSPS) is 11.2. The van der Waals surface area contributed by atoms with E-state index < -0.39 is 0 Å². The molecule has 0 atom stereocenters. The van der Waals surface area contributed by atoms with Crippen LogP contribution in [-0.2, 0) is 4.79 Å². The van der Waals surface area contributed by atoms with Gasteiger partial charge in [-0.1, -0.05) is 42.1 Å². The number of rotatable bonds is 10. The van der Waals surface area contributed by atoms with E-state index in [2.05, 4.69) is 20.7 Å². The third-order valence-electron chi connectivity index (χ3n) is 5.48. The first kappa shape index (κ1) is 25.8. The van der Waals surface area contributed by atoms with Gasteiger partial charge in [-0.15, -0.1) is 10.2 Å². The molecule has 9 nitrogen and oxygen atoms in total. The van der Waals surface area contributed by atoms with E-state index in [1.165, 1.54) is 11.8 Å². The summed E-state index contributed by atoms with van der Waals surface area (Å²) in [6.45, 7) is 1.81. The number of hydrogen-bond acceptors (Lipinski definition) is 8. The maximum Gasteiger partial charge on any atom is 0.250 e. The molecule has 37 heavy (non-hydrogen) atoms. The highest BCUT2D eigenvalue weighted by Gasteiger charge is 2.17. The van der Waals surface area contributed by atoms with Crippen molar-refractivity contribution < 1.29 is 19.0 Å². The van der Waals surface area contributed by atoms with Crippen molar-refractivity contribution in [2.45, 2.75) is 12.1 Å². The summed E-state index contributed by atoms with van der Waals surface area (Å²) in [7, 11) is 4.77. The molecule has 0 unspecified atom stereocenters. The second-order valence-corrected chi connectivity index (χ2v) is 8.74. The third kappa shape index (κ3) is 6.10. The Hall–Kier alpha value is -4.31. The molecule has 0 aliphatic carbocycles. The summed E-state index contributed by atoms with van der Waals surface area (Å²) in [5, 5.41) is 13.6. The summed E-state index contributed by atoms with van der Waals surface area (Å²) < 4.78 is 17.8. The number of methoxy groups -OCH3 is 3. The van der Waals surface area contributed by atoms with Gasteiger partial charge in [0.2, 0.25) is 0 Å². The van der Waals surface area contributed by atoms with Gasteiger partial charge in [0, 0.05) is 16.8 Å². The molecule has 4 rings (SSSR count). The van der Waals surface area contributed by atoms with Gasteiger partial charge in [0.25, 0.3) is 5.91 Å². The first-order valence-electron chi connectivity index (χ1n) is 11.4. The van der Waals surface area contributed by atoms with Crippen LogP contribution in [0.15, 0.2) is 83.1 Å². The molecule has 1 amide bonds. The number of carbonyl (C=O) groups is 1. The van der Waals surface area contributed by atoms with Crippen LogP contribution in [0.1, 0.15) is 12.5 Å². The first-order chi connectivity index (χ1) is 18.0. The van der Waals surface area contributed by atoms with Crippen LogP contribution in [-0.4, -0.2) is 53.5 Å². The molecular formula is C27H27N5O4S. The molecule has 4 aromatic rings. The van der Waals surface area contributed by atoms with Crippen LogP contribution in [0.3, 0.4) is 0 Å². The van der Waals surface area contributed by atoms with Crippen molar-refractivity contribution in [1.82, 2.24) is 20.2 Å². The van der Waals surface area contributed by atoms with Gasteiger partial charge < -0.3 is 14.2 Å². The SMILES string of the molecule is COc1ccc(-n2c(SCC(=O)N/N=C(\C)c3ccc(OC)c(OC)c3)nnc2-c2ccccc2)cc1. The Bertz CT molecular complexity index is 1390. The maximum atomic E-state index is 12.6. The van der Waals surface area contributed by atoms with Gasteiger partial charge in [-0.3, -0.25) is 9.36 Å². The van der Waals surface area contributed by atoms with Gasteiger partial charge in [0.05, 0.1) is 32.8 Å². The minimum absolute atomic E-state index is 0.103. The molecule has 0 spiro atoms. The van der Waals surface area contributed by atoms with E-state index in [-0.39, 0.29) is 11.7 Å². The van der Waals surface area contributed by atoms with Crippen LogP contribution in [0.5, 0.6) is 17.2 Å². The second kappa shape index (κ2) is 12.1. The fourth-order valence-electron chi connectivity index (χ4n) is 3.54. The zero-order valence-electron chi connectivity index (χ0n) is 21.0. The molecule has 0 aliphatic heterocycles. The number of ether oxygens (including phenoxy) is 3. The van der Waals surface area contributed by atoms with Crippen molar-refractivity contribution in [2.24, 2.45) is 5.10 Å². The van der Waals surface area contributed by atoms with E-state index in [0.717, 1.165) is 22.6 Å². The minimum Gasteiger partial charge on any atom is -0.497 e. The average molecular weight is 518 g/mol. The number of amides is 1. The van der Waals surface area contributed by atoms with Crippen LogP contribution in [0, 0.1) is 0 Å². The summed E-state index contributed by atoms with van der Waals surface area (Å²) >= 11 is 1.27. The van der Waals surface area contributed by atoms with Crippen LogP contribution in [0.2, 0.25) is 0 Å². The van der Waals surface area contributed by atoms with Crippen LogP contribution >= 0.6 is 11.8 Å². The molecule has 0 aliphatic rings. The molecule has 0 saturated carbocycles. The molecule has 1 N–H and O–H groups in total. The van der Waals surface area contributed by atoms with Crippen molar-refractivity contribution in [3.05, 3.63) is 78.4 Å². The number of thioether (sulfide) groups is 1. The summed E-state index contributed by atoms with van der Waals surface area (Å²) in [5.74, 6) is 2.46. The van der Waals surface area contributed by atoms with Gasteiger partial charge in [-0.2, -0.15) is 5.10 Å². The number of aromatic nitrogens is 3. The maximum absolute atomic E-state index is 12.6. The van der Waals surface area contributed by atoms with Gasteiger partial charge in [0.1, 0.15) is 5.75 Å². The Morgan fingerprint density at radius 3 is 2.32 bits per heavy atom. The summed E-state index contributed by atoms with van der Waals surface area (Å²) in [6, 6.07) is 22.8. The van der Waals surface area contributed by atoms with Crippen LogP contribution < -0.4 is 19.6 Å². The molecule has 1 aromatic heterocycles. The van der Waals surface area contributed by atoms with E-state index in [4.69, 9.17) is 14.2 Å². The number of benzene rings is 3. The highest BCUT2D eigenvalue weighted by Crippen LogP contribution is 2.29. The summed E-state index contributed by atoms with van der Waals surface area (Å²) in [4.78, 5) is 12.6. The van der Waals surface area contributed by atoms with Crippen molar-refractivity contribution in [1.29, 1.82) is 0 Å². The molecule has 3 aromatic carbocycles. The quantitative estimate of drug-likeness (QED) is 0.187. The molecule has 10 heteroatoms. The zero-order valence-corrected chi connectivity index (χ0v) is 21.8. The zero-order chi connectivity index (χ0) is 26.2. The first-order valence-corrected chi connectivity index (χ1v) is 12.4. The van der Waals surface area contributed by atoms with Crippen molar-refractivity contribution in [3.8, 4) is 34.3 Å². The lowest BCUT2D eigenvalue weighted by Crippen LogP contribution is -2.21. The molecular weight excluding hydrogens is 490 g/mol. The topological polar surface area (TPSA) is 99.9 Å². The Morgan fingerprint density at radius 2 is 1.65 bits per heavy atom. The smallest absolute Gasteiger partial charge is 0.250 e. The standard InChI is InChI=1S/C27H27N5O4S/c1-18(20-10-15-23(35-3)24(16-20)36-4)28-29-25(33)17-37-27-31-30-26(19-8-6-5-7-9-19)32(27)21-11-13-22(34-2)14-12-21/h5-16H,17H2,1-4H3,(H,29,33)/b28-18+. The minimum atomic E-state index is -0.268. The average Bonchev–Trinajstić information content (AvgIpc) is 3.38.